The maximum absolute atomic E-state index is 10.8. The molecule has 1 aromatic carbocycles. The fraction of sp³-hybridized carbons (Fsp3) is 0.333. The van der Waals surface area contributed by atoms with Crippen LogP contribution < -0.4 is 0 Å². The highest BCUT2D eigenvalue weighted by Gasteiger charge is 2.27. The zero-order valence-corrected chi connectivity index (χ0v) is 10.9. The molecule has 0 aliphatic carbocycles. The lowest BCUT2D eigenvalue weighted by molar-refractivity contribution is 0.0985. The molecule has 0 fully saturated rings. The summed E-state index contributed by atoms with van der Waals surface area (Å²) in [6.07, 6.45) is 0. The molecule has 0 aromatic heterocycles. The third-order valence-electron chi connectivity index (χ3n) is 2.36. The number of allylic oxidation sites excluding steroid dienone is 1. The van der Waals surface area contributed by atoms with Crippen LogP contribution in [0.2, 0.25) is 0 Å². The largest absolute Gasteiger partial charge is 0.398 e. The summed E-state index contributed by atoms with van der Waals surface area (Å²) in [5, 5.41) is 0. The second-order valence-electron chi connectivity index (χ2n) is 4.38. The highest BCUT2D eigenvalue weighted by Crippen LogP contribution is 2.28. The molecule has 0 heterocycles. The maximum Gasteiger partial charge on any atom is 0.398 e. The molecule has 0 bridgehead atoms. The molecule has 1 aromatic rings. The third kappa shape index (κ3) is 3.96. The minimum atomic E-state index is -4.49. The van der Waals surface area contributed by atoms with Gasteiger partial charge in [-0.25, -0.2) is 4.18 Å². The van der Waals surface area contributed by atoms with Crippen molar-refractivity contribution >= 4 is 16.0 Å². The van der Waals surface area contributed by atoms with Crippen LogP contribution >= 0.6 is 0 Å². The Balaban J connectivity index is 3.15. The smallest absolute Gasteiger partial charge is 0.264 e. The van der Waals surface area contributed by atoms with Gasteiger partial charge in [0, 0.05) is 0 Å². The topological polar surface area (TPSA) is 63.6 Å². The van der Waals surface area contributed by atoms with Crippen molar-refractivity contribution in [3.63, 3.8) is 0 Å². The van der Waals surface area contributed by atoms with E-state index in [2.05, 4.69) is 10.8 Å². The summed E-state index contributed by atoms with van der Waals surface area (Å²) in [5.41, 5.74) is 1.29. The Labute approximate surface area is 102 Å². The lowest BCUT2D eigenvalue weighted by atomic mass is 9.95. The molecule has 0 aliphatic rings. The first kappa shape index (κ1) is 13.9. The van der Waals surface area contributed by atoms with Gasteiger partial charge in [0.25, 0.3) is 0 Å². The van der Waals surface area contributed by atoms with Crippen LogP contribution in [-0.2, 0) is 20.2 Å². The minimum Gasteiger partial charge on any atom is -0.264 e. The van der Waals surface area contributed by atoms with Gasteiger partial charge in [-0.3, -0.25) is 4.55 Å². The summed E-state index contributed by atoms with van der Waals surface area (Å²) >= 11 is 0. The van der Waals surface area contributed by atoms with Crippen LogP contribution in [0.1, 0.15) is 31.9 Å². The van der Waals surface area contributed by atoms with Crippen molar-refractivity contribution in [2.24, 2.45) is 0 Å². The van der Waals surface area contributed by atoms with E-state index in [9.17, 15) is 8.42 Å². The maximum atomic E-state index is 10.8. The molecule has 0 spiro atoms. The molecule has 0 unspecified atom stereocenters. The second-order valence-corrected chi connectivity index (χ2v) is 5.40. The highest BCUT2D eigenvalue weighted by atomic mass is 32.3. The van der Waals surface area contributed by atoms with Crippen LogP contribution in [0, 0.1) is 0 Å². The van der Waals surface area contributed by atoms with Crippen molar-refractivity contribution in [1.29, 1.82) is 0 Å². The lowest BCUT2D eigenvalue weighted by Gasteiger charge is -2.23. The van der Waals surface area contributed by atoms with Gasteiger partial charge in [-0.1, -0.05) is 30.4 Å². The molecule has 0 saturated heterocycles. The molecule has 1 N–H and O–H groups in total. The van der Waals surface area contributed by atoms with Gasteiger partial charge in [-0.2, -0.15) is 8.42 Å². The summed E-state index contributed by atoms with van der Waals surface area (Å²) in [4.78, 5) is 0. The molecule has 5 heteroatoms. The quantitative estimate of drug-likeness (QED) is 0.841. The Morgan fingerprint density at radius 3 is 2.47 bits per heavy atom. The Hall–Kier alpha value is -1.17. The van der Waals surface area contributed by atoms with Crippen molar-refractivity contribution in [3.05, 3.63) is 42.0 Å². The lowest BCUT2D eigenvalue weighted by Crippen LogP contribution is -2.25. The van der Waals surface area contributed by atoms with E-state index in [0.29, 0.717) is 5.56 Å². The molecule has 0 radical (unpaired) electrons. The van der Waals surface area contributed by atoms with Crippen LogP contribution in [-0.4, -0.2) is 13.0 Å². The fourth-order valence-electron chi connectivity index (χ4n) is 1.47. The Kier molecular flexibility index (Phi) is 3.76. The minimum absolute atomic E-state index is 0.649. The van der Waals surface area contributed by atoms with Gasteiger partial charge in [0.05, 0.1) is 0 Å². The van der Waals surface area contributed by atoms with E-state index in [0.717, 1.165) is 11.1 Å². The predicted molar refractivity (Wildman–Crippen MR) is 66.8 cm³/mol. The molecule has 0 atom stereocenters. The zero-order valence-electron chi connectivity index (χ0n) is 10.1. The molecule has 94 valence electrons. The Morgan fingerprint density at radius 2 is 2.00 bits per heavy atom. The molecule has 1 rings (SSSR count). The van der Waals surface area contributed by atoms with Gasteiger partial charge in [0.1, 0.15) is 5.60 Å². The normalized spacial score (nSPS) is 12.5. The molecule has 0 aliphatic heterocycles. The molecule has 0 saturated carbocycles. The van der Waals surface area contributed by atoms with Crippen molar-refractivity contribution in [2.75, 3.05) is 0 Å². The van der Waals surface area contributed by atoms with E-state index in [-0.39, 0.29) is 0 Å². The van der Waals surface area contributed by atoms with E-state index >= 15 is 0 Å². The Bertz CT molecular complexity index is 529. The summed E-state index contributed by atoms with van der Waals surface area (Å²) in [5.74, 6) is 0. The van der Waals surface area contributed by atoms with Gasteiger partial charge in [0.15, 0.2) is 0 Å². The van der Waals surface area contributed by atoms with Crippen molar-refractivity contribution in [1.82, 2.24) is 0 Å². The van der Waals surface area contributed by atoms with Crippen molar-refractivity contribution in [2.45, 2.75) is 26.4 Å². The fourth-order valence-corrected chi connectivity index (χ4v) is 2.09. The molecular formula is C12H16O4S. The molecule has 0 amide bonds. The summed E-state index contributed by atoms with van der Waals surface area (Å²) < 4.78 is 34.9. The molecular weight excluding hydrogens is 240 g/mol. The third-order valence-corrected chi connectivity index (χ3v) is 2.99. The average molecular weight is 256 g/mol. The first-order valence-corrected chi connectivity index (χ1v) is 6.43. The monoisotopic (exact) mass is 256 g/mol. The van der Waals surface area contributed by atoms with Gasteiger partial charge in [-0.05, 0) is 38.0 Å². The van der Waals surface area contributed by atoms with E-state index < -0.39 is 16.0 Å². The second kappa shape index (κ2) is 4.60. The summed E-state index contributed by atoms with van der Waals surface area (Å²) in [7, 11) is -4.49. The predicted octanol–water partition coefficient (Wildman–Crippen LogP) is 2.77. The number of hydrogen-bond acceptors (Lipinski definition) is 3. The number of benzene rings is 1. The van der Waals surface area contributed by atoms with E-state index in [4.69, 9.17) is 4.55 Å². The van der Waals surface area contributed by atoms with Crippen LogP contribution in [0.15, 0.2) is 30.8 Å². The highest BCUT2D eigenvalue weighted by molar-refractivity contribution is 7.80. The van der Waals surface area contributed by atoms with Crippen LogP contribution in [0.5, 0.6) is 0 Å². The van der Waals surface area contributed by atoms with E-state index in [1.807, 2.05) is 13.0 Å². The first-order valence-electron chi connectivity index (χ1n) is 5.06. The van der Waals surface area contributed by atoms with Gasteiger partial charge < -0.3 is 0 Å². The SMILES string of the molecule is C=C(C)c1cccc(C(C)(C)OS(=O)(=O)O)c1. The van der Waals surface area contributed by atoms with Crippen molar-refractivity contribution < 1.29 is 17.2 Å². The van der Waals surface area contributed by atoms with Crippen LogP contribution in [0.25, 0.3) is 5.57 Å². The zero-order chi connectivity index (χ0) is 13.3. The molecule has 17 heavy (non-hydrogen) atoms. The van der Waals surface area contributed by atoms with Crippen molar-refractivity contribution in [3.8, 4) is 0 Å². The van der Waals surface area contributed by atoms with Gasteiger partial charge in [-0.15, -0.1) is 0 Å². The summed E-state index contributed by atoms with van der Waals surface area (Å²) in [6.45, 7) is 8.81. The first-order chi connectivity index (χ1) is 7.62. The van der Waals surface area contributed by atoms with E-state index in [1.165, 1.54) is 0 Å². The van der Waals surface area contributed by atoms with Crippen LogP contribution in [0.3, 0.4) is 0 Å². The standard InChI is InChI=1S/C12H16O4S/c1-9(2)10-6-5-7-11(8-10)12(3,4)16-17(13,14)15/h5-8H,1H2,2-4H3,(H,13,14,15). The van der Waals surface area contributed by atoms with E-state index in [1.54, 1.807) is 32.0 Å². The van der Waals surface area contributed by atoms with Crippen LogP contribution in [0.4, 0.5) is 0 Å². The number of hydrogen-bond donors (Lipinski definition) is 1. The summed E-state index contributed by atoms with van der Waals surface area (Å²) in [6, 6.07) is 7.18. The van der Waals surface area contributed by atoms with Gasteiger partial charge >= 0.3 is 10.4 Å². The average Bonchev–Trinajstić information content (AvgIpc) is 2.14. The molecule has 4 nitrogen and oxygen atoms in total. The van der Waals surface area contributed by atoms with Gasteiger partial charge in [0.2, 0.25) is 0 Å². The Morgan fingerprint density at radius 1 is 1.41 bits per heavy atom. The number of rotatable bonds is 4.